The van der Waals surface area contributed by atoms with Gasteiger partial charge in [-0.2, -0.15) is 0 Å². The van der Waals surface area contributed by atoms with Crippen molar-refractivity contribution in [1.29, 1.82) is 0 Å². The van der Waals surface area contributed by atoms with Gasteiger partial charge in [-0.05, 0) is 13.0 Å². The lowest BCUT2D eigenvalue weighted by Gasteiger charge is -2.43. The number of hydrogen-bond donors (Lipinski definition) is 1. The van der Waals surface area contributed by atoms with Gasteiger partial charge in [0.15, 0.2) is 0 Å². The number of piperazine rings is 1. The Labute approximate surface area is 119 Å². The van der Waals surface area contributed by atoms with Gasteiger partial charge in [0.2, 0.25) is 0 Å². The molecule has 3 rings (SSSR count). The largest absolute Gasteiger partial charge is 0.461 e. The second kappa shape index (κ2) is 5.85. The molecule has 0 spiro atoms. The summed E-state index contributed by atoms with van der Waals surface area (Å²) in [6, 6.07) is 4.56. The molecule has 2 fully saturated rings. The van der Waals surface area contributed by atoms with Crippen molar-refractivity contribution in [2.45, 2.75) is 13.0 Å². The summed E-state index contributed by atoms with van der Waals surface area (Å²) in [5.74, 6) is 1.40. The number of aromatic nitrogens is 1. The van der Waals surface area contributed by atoms with E-state index in [-0.39, 0.29) is 0 Å². The van der Waals surface area contributed by atoms with E-state index < -0.39 is 0 Å². The van der Waals surface area contributed by atoms with Crippen LogP contribution in [0.4, 0.5) is 11.5 Å². The minimum atomic E-state index is 0.626. The predicted molar refractivity (Wildman–Crippen MR) is 77.0 cm³/mol. The summed E-state index contributed by atoms with van der Waals surface area (Å²) in [6.07, 6.45) is 0. The topological polar surface area (TPSA) is 65.1 Å². The summed E-state index contributed by atoms with van der Waals surface area (Å²) in [7, 11) is 0. The maximum Gasteiger partial charge on any atom is 0.306 e. The summed E-state index contributed by atoms with van der Waals surface area (Å²) in [5.41, 5.74) is 6.90. The highest BCUT2D eigenvalue weighted by Crippen LogP contribution is 2.26. The third-order valence-corrected chi connectivity index (χ3v) is 3.99. The van der Waals surface area contributed by atoms with E-state index in [4.69, 9.17) is 15.2 Å². The summed E-state index contributed by atoms with van der Waals surface area (Å²) in [4.78, 5) is 7.98. The zero-order chi connectivity index (χ0) is 13.9. The van der Waals surface area contributed by atoms with Gasteiger partial charge < -0.3 is 14.4 Å². The Morgan fingerprint density at radius 2 is 2.05 bits per heavy atom. The first-order chi connectivity index (χ1) is 9.78. The summed E-state index contributed by atoms with van der Waals surface area (Å²) >= 11 is 0. The van der Waals surface area contributed by atoms with E-state index in [9.17, 15) is 0 Å². The second-order valence-electron chi connectivity index (χ2n) is 5.28. The first kappa shape index (κ1) is 13.5. The number of pyridine rings is 1. The Balaban J connectivity index is 1.67. The van der Waals surface area contributed by atoms with Gasteiger partial charge >= 0.3 is 5.88 Å². The molecule has 2 aliphatic heterocycles. The van der Waals surface area contributed by atoms with E-state index in [0.29, 0.717) is 18.5 Å². The maximum atomic E-state index is 5.80. The molecule has 0 amide bonds. The molecular formula is C14H23N4O2+. The monoisotopic (exact) mass is 279 g/mol. The number of nitrogens with two attached hydrogens (primary N) is 1. The molecule has 110 valence electrons. The third-order valence-electron chi connectivity index (χ3n) is 3.99. The number of hydrogen-bond acceptors (Lipinski definition) is 5. The van der Waals surface area contributed by atoms with Crippen LogP contribution in [-0.4, -0.2) is 56.9 Å². The van der Waals surface area contributed by atoms with Gasteiger partial charge in [-0.25, -0.2) is 4.98 Å². The molecule has 20 heavy (non-hydrogen) atoms. The molecule has 0 unspecified atom stereocenters. The van der Waals surface area contributed by atoms with Crippen molar-refractivity contribution in [3.05, 3.63) is 12.1 Å². The third kappa shape index (κ3) is 2.66. The van der Waals surface area contributed by atoms with E-state index in [0.717, 1.165) is 51.0 Å². The SMILES string of the molecule is CCOc1[nH+]c(N)ccc1N1CCN(C2COC2)CC1. The number of ether oxygens (including phenoxy) is 2. The van der Waals surface area contributed by atoms with Crippen molar-refractivity contribution in [2.24, 2.45) is 0 Å². The smallest absolute Gasteiger partial charge is 0.306 e. The Hall–Kier alpha value is -1.53. The molecule has 1 aromatic heterocycles. The first-order valence-corrected chi connectivity index (χ1v) is 7.29. The highest BCUT2D eigenvalue weighted by molar-refractivity contribution is 5.54. The molecule has 0 aromatic carbocycles. The molecule has 3 heterocycles. The zero-order valence-corrected chi connectivity index (χ0v) is 12.0. The first-order valence-electron chi connectivity index (χ1n) is 7.29. The van der Waals surface area contributed by atoms with Crippen molar-refractivity contribution in [1.82, 2.24) is 4.90 Å². The Kier molecular flexibility index (Phi) is 3.93. The number of nitrogens with zero attached hydrogens (tertiary/aromatic N) is 2. The minimum absolute atomic E-state index is 0.626. The standard InChI is InChI=1S/C14H22N4O2/c1-2-20-14-12(3-4-13(15)16-14)18-7-5-17(6-8-18)11-9-19-10-11/h3-4,11H,2,5-10H2,1H3,(H2,15,16)/p+1. The highest BCUT2D eigenvalue weighted by Gasteiger charge is 2.30. The number of H-pyrrole nitrogens is 1. The van der Waals surface area contributed by atoms with Crippen LogP contribution in [0.15, 0.2) is 12.1 Å². The predicted octanol–water partition coefficient (Wildman–Crippen LogP) is 0.00240. The lowest BCUT2D eigenvalue weighted by atomic mass is 10.1. The minimum Gasteiger partial charge on any atom is -0.461 e. The van der Waals surface area contributed by atoms with Gasteiger partial charge in [0.25, 0.3) is 5.82 Å². The van der Waals surface area contributed by atoms with Crippen molar-refractivity contribution >= 4 is 11.5 Å². The normalized spacial score (nSPS) is 20.8. The average molecular weight is 279 g/mol. The van der Waals surface area contributed by atoms with Crippen LogP contribution in [0.25, 0.3) is 0 Å². The molecule has 1 aromatic rings. The van der Waals surface area contributed by atoms with Gasteiger partial charge in [-0.3, -0.25) is 10.6 Å². The van der Waals surface area contributed by atoms with Crippen LogP contribution < -0.4 is 20.4 Å². The molecule has 3 N–H and O–H groups in total. The number of nitrogens with one attached hydrogen (secondary N) is 1. The molecule has 0 aliphatic carbocycles. The second-order valence-corrected chi connectivity index (χ2v) is 5.28. The quantitative estimate of drug-likeness (QED) is 0.840. The molecular weight excluding hydrogens is 256 g/mol. The van der Waals surface area contributed by atoms with E-state index in [2.05, 4.69) is 14.8 Å². The van der Waals surface area contributed by atoms with Crippen molar-refractivity contribution in [2.75, 3.05) is 56.6 Å². The average Bonchev–Trinajstić information content (AvgIpc) is 2.39. The van der Waals surface area contributed by atoms with E-state index in [1.807, 2.05) is 19.1 Å². The van der Waals surface area contributed by atoms with Crippen LogP contribution in [0.5, 0.6) is 5.88 Å². The van der Waals surface area contributed by atoms with Crippen LogP contribution in [0.2, 0.25) is 0 Å². The van der Waals surface area contributed by atoms with Crippen molar-refractivity contribution in [3.8, 4) is 5.88 Å². The lowest BCUT2D eigenvalue weighted by molar-refractivity contribution is -0.376. The Morgan fingerprint density at radius 1 is 1.30 bits per heavy atom. The van der Waals surface area contributed by atoms with E-state index >= 15 is 0 Å². The fourth-order valence-corrected chi connectivity index (χ4v) is 2.75. The van der Waals surface area contributed by atoms with Crippen LogP contribution in [-0.2, 0) is 4.74 Å². The number of aromatic amines is 1. The fourth-order valence-electron chi connectivity index (χ4n) is 2.75. The van der Waals surface area contributed by atoms with Gasteiger partial charge in [-0.15, -0.1) is 0 Å². The molecule has 0 saturated carbocycles. The number of nitrogen functional groups attached to an aromatic ring is 1. The summed E-state index contributed by atoms with van der Waals surface area (Å²) in [6.45, 7) is 8.55. The lowest BCUT2D eigenvalue weighted by Crippen LogP contribution is -2.56. The number of rotatable bonds is 4. The molecule has 0 bridgehead atoms. The molecule has 2 aliphatic rings. The highest BCUT2D eigenvalue weighted by atomic mass is 16.5. The molecule has 0 radical (unpaired) electrons. The van der Waals surface area contributed by atoms with Crippen molar-refractivity contribution < 1.29 is 14.5 Å². The molecule has 2 saturated heterocycles. The molecule has 6 heteroatoms. The van der Waals surface area contributed by atoms with Gasteiger partial charge in [-0.1, -0.05) is 0 Å². The van der Waals surface area contributed by atoms with Gasteiger partial charge in [0.1, 0.15) is 5.69 Å². The maximum absolute atomic E-state index is 5.80. The van der Waals surface area contributed by atoms with Crippen LogP contribution >= 0.6 is 0 Å². The van der Waals surface area contributed by atoms with E-state index in [1.54, 1.807) is 0 Å². The molecule has 0 atom stereocenters. The van der Waals surface area contributed by atoms with E-state index in [1.165, 1.54) is 0 Å². The summed E-state index contributed by atoms with van der Waals surface area (Å²) in [5, 5.41) is 0. The van der Waals surface area contributed by atoms with Gasteiger partial charge in [0.05, 0.1) is 25.9 Å². The van der Waals surface area contributed by atoms with Crippen molar-refractivity contribution in [3.63, 3.8) is 0 Å². The van der Waals surface area contributed by atoms with Crippen LogP contribution in [0, 0.1) is 0 Å². The Morgan fingerprint density at radius 3 is 2.65 bits per heavy atom. The fraction of sp³-hybridized carbons (Fsp3) is 0.643. The van der Waals surface area contributed by atoms with Crippen LogP contribution in [0.1, 0.15) is 6.92 Å². The van der Waals surface area contributed by atoms with Crippen LogP contribution in [0.3, 0.4) is 0 Å². The Bertz CT molecular complexity index is 456. The number of anilines is 2. The van der Waals surface area contributed by atoms with Gasteiger partial charge in [0, 0.05) is 32.2 Å². The molecule has 6 nitrogen and oxygen atoms in total. The zero-order valence-electron chi connectivity index (χ0n) is 12.0. The summed E-state index contributed by atoms with van der Waals surface area (Å²) < 4.78 is 10.9.